The molecule has 1 aliphatic carbocycles. The smallest absolute Gasteiger partial charge is 0.235 e. The van der Waals surface area contributed by atoms with Crippen molar-refractivity contribution >= 4 is 29.3 Å². The lowest BCUT2D eigenvalue weighted by Crippen LogP contribution is -2.42. The molecule has 1 aliphatic rings. The molecule has 1 aromatic carbocycles. The van der Waals surface area contributed by atoms with Gasteiger partial charge < -0.3 is 9.47 Å². The third kappa shape index (κ3) is 4.07. The molecule has 1 amide bonds. The Morgan fingerprint density at radius 2 is 1.96 bits per heavy atom. The number of hydrogen-bond acceptors (Lipinski definition) is 4. The summed E-state index contributed by atoms with van der Waals surface area (Å²) in [4.78, 5) is 14.7. The van der Waals surface area contributed by atoms with Crippen LogP contribution in [0, 0.1) is 0 Å². The molecule has 1 saturated carbocycles. The molecule has 1 atom stereocenters. The van der Waals surface area contributed by atoms with Gasteiger partial charge in [-0.25, -0.2) is 0 Å². The Hall–Kier alpha value is -1.53. The molecule has 0 spiro atoms. The minimum absolute atomic E-state index is 0.157. The van der Waals surface area contributed by atoms with Crippen molar-refractivity contribution in [2.45, 2.75) is 55.5 Å². The van der Waals surface area contributed by atoms with E-state index in [1.807, 2.05) is 54.8 Å². The van der Waals surface area contributed by atoms with Crippen molar-refractivity contribution in [2.24, 2.45) is 7.05 Å². The standard InChI is InChI=1S/C19H25ClN4OS/c1-13(18(25)23(2)14-9-5-4-6-10-14)26-19-22-21-17(24(19)3)15-11-7-8-12-16(15)20/h7-8,11-14H,4-6,9-10H2,1-3H3. The first-order valence-corrected chi connectivity index (χ1v) is 10.3. The molecule has 0 N–H and O–H groups in total. The summed E-state index contributed by atoms with van der Waals surface area (Å²) in [6.45, 7) is 1.94. The molecular formula is C19H25ClN4OS. The number of nitrogens with zero attached hydrogens (tertiary/aromatic N) is 4. The predicted octanol–water partition coefficient (Wildman–Crippen LogP) is 4.41. The number of benzene rings is 1. The van der Waals surface area contributed by atoms with Crippen LogP contribution in [-0.2, 0) is 11.8 Å². The maximum atomic E-state index is 12.8. The van der Waals surface area contributed by atoms with E-state index in [-0.39, 0.29) is 11.2 Å². The molecule has 0 bridgehead atoms. The molecular weight excluding hydrogens is 368 g/mol. The zero-order valence-corrected chi connectivity index (χ0v) is 17.1. The van der Waals surface area contributed by atoms with Crippen LogP contribution < -0.4 is 0 Å². The van der Waals surface area contributed by atoms with Gasteiger partial charge in [-0.1, -0.05) is 54.8 Å². The van der Waals surface area contributed by atoms with Gasteiger partial charge in [0, 0.05) is 25.7 Å². The van der Waals surface area contributed by atoms with Gasteiger partial charge in [0.05, 0.1) is 10.3 Å². The fourth-order valence-corrected chi connectivity index (χ4v) is 4.57. The van der Waals surface area contributed by atoms with Gasteiger partial charge >= 0.3 is 0 Å². The van der Waals surface area contributed by atoms with E-state index in [1.165, 1.54) is 31.0 Å². The molecule has 0 radical (unpaired) electrons. The van der Waals surface area contributed by atoms with Gasteiger partial charge in [-0.2, -0.15) is 0 Å². The number of halogens is 1. The Morgan fingerprint density at radius 3 is 2.65 bits per heavy atom. The topological polar surface area (TPSA) is 51.0 Å². The molecule has 26 heavy (non-hydrogen) atoms. The summed E-state index contributed by atoms with van der Waals surface area (Å²) >= 11 is 7.72. The Morgan fingerprint density at radius 1 is 1.27 bits per heavy atom. The summed E-state index contributed by atoms with van der Waals surface area (Å²) in [6, 6.07) is 7.95. The SMILES string of the molecule is CC(Sc1nnc(-c2ccccc2Cl)n1C)C(=O)N(C)C1CCCCC1. The Labute approximate surface area is 164 Å². The monoisotopic (exact) mass is 392 g/mol. The molecule has 1 unspecified atom stereocenters. The van der Waals surface area contributed by atoms with Crippen LogP contribution >= 0.6 is 23.4 Å². The van der Waals surface area contributed by atoms with E-state index in [0.717, 1.165) is 23.6 Å². The van der Waals surface area contributed by atoms with Crippen LogP contribution in [0.25, 0.3) is 11.4 Å². The summed E-state index contributed by atoms with van der Waals surface area (Å²) in [5, 5.41) is 9.71. The van der Waals surface area contributed by atoms with Crippen molar-refractivity contribution in [1.82, 2.24) is 19.7 Å². The average Bonchev–Trinajstić information content (AvgIpc) is 3.02. The second-order valence-corrected chi connectivity index (χ2v) is 8.56. The van der Waals surface area contributed by atoms with Crippen LogP contribution in [0.3, 0.4) is 0 Å². The molecule has 5 nitrogen and oxygen atoms in total. The second-order valence-electron chi connectivity index (χ2n) is 6.85. The van der Waals surface area contributed by atoms with E-state index in [2.05, 4.69) is 10.2 Å². The van der Waals surface area contributed by atoms with Crippen LogP contribution in [-0.4, -0.2) is 43.9 Å². The summed E-state index contributed by atoms with van der Waals surface area (Å²) in [5.41, 5.74) is 0.842. The van der Waals surface area contributed by atoms with E-state index in [1.54, 1.807) is 0 Å². The fourth-order valence-electron chi connectivity index (χ4n) is 3.44. The Bertz CT molecular complexity index is 773. The third-order valence-electron chi connectivity index (χ3n) is 5.05. The van der Waals surface area contributed by atoms with Crippen molar-refractivity contribution in [3.8, 4) is 11.4 Å². The van der Waals surface area contributed by atoms with E-state index in [0.29, 0.717) is 16.9 Å². The molecule has 2 aromatic rings. The first-order chi connectivity index (χ1) is 12.5. The number of amides is 1. The van der Waals surface area contributed by atoms with Crippen molar-refractivity contribution in [3.05, 3.63) is 29.3 Å². The zero-order chi connectivity index (χ0) is 18.7. The minimum atomic E-state index is -0.205. The number of aromatic nitrogens is 3. The summed E-state index contributed by atoms with van der Waals surface area (Å²) < 4.78 is 1.90. The second kappa shape index (κ2) is 8.44. The normalized spacial score (nSPS) is 16.5. The summed E-state index contributed by atoms with van der Waals surface area (Å²) in [5.74, 6) is 0.863. The average molecular weight is 393 g/mol. The van der Waals surface area contributed by atoms with Crippen molar-refractivity contribution < 1.29 is 4.79 Å². The highest BCUT2D eigenvalue weighted by atomic mass is 35.5. The van der Waals surface area contributed by atoms with Gasteiger partial charge in [0.2, 0.25) is 5.91 Å². The van der Waals surface area contributed by atoms with Gasteiger partial charge in [-0.15, -0.1) is 10.2 Å². The first kappa shape index (κ1) is 19.2. The fraction of sp³-hybridized carbons (Fsp3) is 0.526. The summed E-state index contributed by atoms with van der Waals surface area (Å²) in [6.07, 6.45) is 5.94. The van der Waals surface area contributed by atoms with Crippen LogP contribution in [0.2, 0.25) is 5.02 Å². The van der Waals surface area contributed by atoms with Crippen LogP contribution in [0.4, 0.5) is 0 Å². The van der Waals surface area contributed by atoms with E-state index >= 15 is 0 Å². The molecule has 1 aromatic heterocycles. The molecule has 140 valence electrons. The molecule has 0 aliphatic heterocycles. The molecule has 0 saturated heterocycles. The number of rotatable bonds is 5. The minimum Gasteiger partial charge on any atom is -0.342 e. The maximum Gasteiger partial charge on any atom is 0.235 e. The zero-order valence-electron chi connectivity index (χ0n) is 15.5. The lowest BCUT2D eigenvalue weighted by atomic mass is 9.94. The lowest BCUT2D eigenvalue weighted by Gasteiger charge is -2.32. The van der Waals surface area contributed by atoms with Gasteiger partial charge in [0.15, 0.2) is 11.0 Å². The highest BCUT2D eigenvalue weighted by Crippen LogP contribution is 2.31. The molecule has 7 heteroatoms. The molecule has 1 fully saturated rings. The quantitative estimate of drug-likeness (QED) is 0.707. The number of hydrogen-bond donors (Lipinski definition) is 0. The number of thioether (sulfide) groups is 1. The summed E-state index contributed by atoms with van der Waals surface area (Å²) in [7, 11) is 3.84. The number of carbonyl (C=O) groups excluding carboxylic acids is 1. The Kier molecular flexibility index (Phi) is 6.24. The maximum absolute atomic E-state index is 12.8. The third-order valence-corrected chi connectivity index (χ3v) is 6.50. The van der Waals surface area contributed by atoms with Crippen molar-refractivity contribution in [1.29, 1.82) is 0 Å². The predicted molar refractivity (Wildman–Crippen MR) is 106 cm³/mol. The van der Waals surface area contributed by atoms with Crippen LogP contribution in [0.1, 0.15) is 39.0 Å². The van der Waals surface area contributed by atoms with Gasteiger partial charge in [-0.3, -0.25) is 4.79 Å². The highest BCUT2D eigenvalue weighted by molar-refractivity contribution is 8.00. The van der Waals surface area contributed by atoms with Gasteiger partial charge in [-0.05, 0) is 31.9 Å². The van der Waals surface area contributed by atoms with Gasteiger partial charge in [0.25, 0.3) is 0 Å². The largest absolute Gasteiger partial charge is 0.342 e. The van der Waals surface area contributed by atoms with Crippen LogP contribution in [0.5, 0.6) is 0 Å². The molecule has 3 rings (SSSR count). The van der Waals surface area contributed by atoms with Crippen LogP contribution in [0.15, 0.2) is 29.4 Å². The van der Waals surface area contributed by atoms with Crippen molar-refractivity contribution in [2.75, 3.05) is 7.05 Å². The number of carbonyl (C=O) groups is 1. The lowest BCUT2D eigenvalue weighted by molar-refractivity contribution is -0.131. The van der Waals surface area contributed by atoms with E-state index < -0.39 is 0 Å². The van der Waals surface area contributed by atoms with Gasteiger partial charge in [0.1, 0.15) is 0 Å². The van der Waals surface area contributed by atoms with E-state index in [9.17, 15) is 4.79 Å². The first-order valence-electron chi connectivity index (χ1n) is 9.06. The highest BCUT2D eigenvalue weighted by Gasteiger charge is 2.27. The van der Waals surface area contributed by atoms with E-state index in [4.69, 9.17) is 11.6 Å². The Balaban J connectivity index is 1.71. The molecule has 1 heterocycles. The van der Waals surface area contributed by atoms with Crippen molar-refractivity contribution in [3.63, 3.8) is 0 Å².